The fourth-order valence-corrected chi connectivity index (χ4v) is 2.06. The zero-order chi connectivity index (χ0) is 14.6. The molecule has 0 saturated carbocycles. The summed E-state index contributed by atoms with van der Waals surface area (Å²) in [6.07, 6.45) is -4.16. The van der Waals surface area contributed by atoms with Crippen LogP contribution in [0.4, 0.5) is 19.0 Å². The highest BCUT2D eigenvalue weighted by Gasteiger charge is 2.25. The first-order valence-corrected chi connectivity index (χ1v) is 6.63. The van der Waals surface area contributed by atoms with Crippen molar-refractivity contribution in [2.45, 2.75) is 32.4 Å². The minimum absolute atomic E-state index is 0.142. The van der Waals surface area contributed by atoms with Crippen LogP contribution in [0, 0.1) is 6.92 Å². The third-order valence-electron chi connectivity index (χ3n) is 3.09. The first-order valence-electron chi connectivity index (χ1n) is 6.63. The molecule has 0 atom stereocenters. The lowest BCUT2D eigenvalue weighted by molar-refractivity contribution is -0.135. The van der Waals surface area contributed by atoms with Gasteiger partial charge in [0.2, 0.25) is 0 Å². The molecule has 1 aromatic carbocycles. The standard InChI is InChI=1S/C15H17F3N2/c1-11-10-12-6-2-3-7-13(12)20-14(11)19-9-5-4-8-15(16,17)18/h2-3,6-7,10H,4-5,8-9H2,1H3,(H,19,20). The molecule has 2 nitrogen and oxygen atoms in total. The number of unbranched alkanes of at least 4 members (excludes halogenated alkanes) is 1. The van der Waals surface area contributed by atoms with Crippen molar-refractivity contribution in [2.75, 3.05) is 11.9 Å². The van der Waals surface area contributed by atoms with Crippen LogP contribution in [0.15, 0.2) is 30.3 Å². The number of benzene rings is 1. The zero-order valence-corrected chi connectivity index (χ0v) is 11.3. The van der Waals surface area contributed by atoms with Crippen LogP contribution in [0.5, 0.6) is 0 Å². The van der Waals surface area contributed by atoms with Crippen LogP contribution >= 0.6 is 0 Å². The Labute approximate surface area is 116 Å². The number of fused-ring (bicyclic) bond motifs is 1. The average molecular weight is 282 g/mol. The summed E-state index contributed by atoms with van der Waals surface area (Å²) in [5, 5.41) is 4.18. The summed E-state index contributed by atoms with van der Waals surface area (Å²) in [5.41, 5.74) is 1.88. The SMILES string of the molecule is Cc1cc2ccccc2nc1NCCCCC(F)(F)F. The summed E-state index contributed by atoms with van der Waals surface area (Å²) < 4.78 is 36.0. The van der Waals surface area contributed by atoms with Crippen LogP contribution < -0.4 is 5.32 Å². The topological polar surface area (TPSA) is 24.9 Å². The van der Waals surface area contributed by atoms with Gasteiger partial charge in [0, 0.05) is 18.4 Å². The highest BCUT2D eigenvalue weighted by atomic mass is 19.4. The van der Waals surface area contributed by atoms with E-state index in [2.05, 4.69) is 10.3 Å². The lowest BCUT2D eigenvalue weighted by Crippen LogP contribution is -2.09. The summed E-state index contributed by atoms with van der Waals surface area (Å²) in [6.45, 7) is 2.44. The summed E-state index contributed by atoms with van der Waals surface area (Å²) in [6, 6.07) is 9.80. The number of nitrogens with one attached hydrogen (secondary N) is 1. The number of nitrogens with zero attached hydrogens (tertiary/aromatic N) is 1. The van der Waals surface area contributed by atoms with Crippen LogP contribution in [0.1, 0.15) is 24.8 Å². The van der Waals surface area contributed by atoms with Gasteiger partial charge >= 0.3 is 6.18 Å². The van der Waals surface area contributed by atoms with E-state index in [4.69, 9.17) is 0 Å². The van der Waals surface area contributed by atoms with E-state index in [1.807, 2.05) is 37.3 Å². The van der Waals surface area contributed by atoms with Crippen molar-refractivity contribution < 1.29 is 13.2 Å². The molecule has 0 radical (unpaired) electrons. The number of pyridine rings is 1. The number of halogens is 3. The highest BCUT2D eigenvalue weighted by molar-refractivity contribution is 5.81. The van der Waals surface area contributed by atoms with Gasteiger partial charge in [-0.05, 0) is 37.5 Å². The lowest BCUT2D eigenvalue weighted by atomic mass is 10.1. The number of aromatic nitrogens is 1. The number of anilines is 1. The van der Waals surface area contributed by atoms with Crippen molar-refractivity contribution in [1.82, 2.24) is 4.98 Å². The first kappa shape index (κ1) is 14.6. The van der Waals surface area contributed by atoms with Gasteiger partial charge in [-0.15, -0.1) is 0 Å². The molecule has 0 spiro atoms. The highest BCUT2D eigenvalue weighted by Crippen LogP contribution is 2.23. The average Bonchev–Trinajstić information content (AvgIpc) is 2.37. The number of rotatable bonds is 5. The molecular formula is C15H17F3N2. The van der Waals surface area contributed by atoms with E-state index in [0.29, 0.717) is 13.0 Å². The molecule has 0 bridgehead atoms. The molecule has 2 aromatic rings. The Morgan fingerprint density at radius 1 is 1.15 bits per heavy atom. The number of para-hydroxylation sites is 1. The van der Waals surface area contributed by atoms with E-state index in [9.17, 15) is 13.2 Å². The van der Waals surface area contributed by atoms with E-state index in [-0.39, 0.29) is 6.42 Å². The molecule has 20 heavy (non-hydrogen) atoms. The van der Waals surface area contributed by atoms with Gasteiger partial charge in [-0.25, -0.2) is 4.98 Å². The minimum atomic E-state index is -4.06. The van der Waals surface area contributed by atoms with Gasteiger partial charge in [0.05, 0.1) is 5.52 Å². The molecule has 2 rings (SSSR count). The fourth-order valence-electron chi connectivity index (χ4n) is 2.06. The molecule has 0 unspecified atom stereocenters. The molecule has 1 N–H and O–H groups in total. The monoisotopic (exact) mass is 282 g/mol. The summed E-state index contributed by atoms with van der Waals surface area (Å²) in [7, 11) is 0. The quantitative estimate of drug-likeness (QED) is 0.805. The molecule has 5 heteroatoms. The second-order valence-electron chi connectivity index (χ2n) is 4.85. The van der Waals surface area contributed by atoms with Gasteiger partial charge in [0.1, 0.15) is 5.82 Å². The van der Waals surface area contributed by atoms with Crippen LogP contribution in [0.3, 0.4) is 0 Å². The number of alkyl halides is 3. The largest absolute Gasteiger partial charge is 0.389 e. The van der Waals surface area contributed by atoms with E-state index in [0.717, 1.165) is 22.3 Å². The van der Waals surface area contributed by atoms with Crippen molar-refractivity contribution in [2.24, 2.45) is 0 Å². The normalized spacial score (nSPS) is 11.8. The van der Waals surface area contributed by atoms with Crippen molar-refractivity contribution in [1.29, 1.82) is 0 Å². The number of hydrogen-bond donors (Lipinski definition) is 1. The molecule has 1 heterocycles. The Hall–Kier alpha value is -1.78. The van der Waals surface area contributed by atoms with Gasteiger partial charge in [0.25, 0.3) is 0 Å². The zero-order valence-electron chi connectivity index (χ0n) is 11.3. The molecule has 0 aliphatic heterocycles. The summed E-state index contributed by atoms with van der Waals surface area (Å²) in [4.78, 5) is 4.49. The van der Waals surface area contributed by atoms with Crippen molar-refractivity contribution >= 4 is 16.7 Å². The van der Waals surface area contributed by atoms with Crippen LogP contribution in [-0.4, -0.2) is 17.7 Å². The predicted molar refractivity (Wildman–Crippen MR) is 74.9 cm³/mol. The molecule has 0 aliphatic rings. The lowest BCUT2D eigenvalue weighted by Gasteiger charge is -2.10. The molecule has 1 aromatic heterocycles. The Bertz CT molecular complexity index is 579. The third-order valence-corrected chi connectivity index (χ3v) is 3.09. The Morgan fingerprint density at radius 3 is 2.65 bits per heavy atom. The van der Waals surface area contributed by atoms with Gasteiger partial charge in [0.15, 0.2) is 0 Å². The van der Waals surface area contributed by atoms with E-state index >= 15 is 0 Å². The van der Waals surface area contributed by atoms with E-state index < -0.39 is 12.6 Å². The number of hydrogen-bond acceptors (Lipinski definition) is 2. The maximum Gasteiger partial charge on any atom is 0.389 e. The first-order chi connectivity index (χ1) is 9.46. The summed E-state index contributed by atoms with van der Waals surface area (Å²) >= 11 is 0. The Morgan fingerprint density at radius 2 is 1.90 bits per heavy atom. The molecule has 0 saturated heterocycles. The van der Waals surface area contributed by atoms with Crippen molar-refractivity contribution in [3.05, 3.63) is 35.9 Å². The number of aryl methyl sites for hydroxylation is 1. The molecule has 0 fully saturated rings. The van der Waals surface area contributed by atoms with Gasteiger partial charge in [-0.2, -0.15) is 13.2 Å². The predicted octanol–water partition coefficient (Wildman–Crippen LogP) is 4.69. The third kappa shape index (κ3) is 4.11. The van der Waals surface area contributed by atoms with Gasteiger partial charge in [-0.3, -0.25) is 0 Å². The molecule has 0 amide bonds. The Kier molecular flexibility index (Phi) is 4.47. The molecule has 0 aliphatic carbocycles. The van der Waals surface area contributed by atoms with Crippen LogP contribution in [0.2, 0.25) is 0 Å². The van der Waals surface area contributed by atoms with Crippen molar-refractivity contribution in [3.63, 3.8) is 0 Å². The van der Waals surface area contributed by atoms with E-state index in [1.54, 1.807) is 0 Å². The van der Waals surface area contributed by atoms with Crippen molar-refractivity contribution in [3.8, 4) is 0 Å². The minimum Gasteiger partial charge on any atom is -0.370 e. The second-order valence-corrected chi connectivity index (χ2v) is 4.85. The van der Waals surface area contributed by atoms with Crippen LogP contribution in [0.25, 0.3) is 10.9 Å². The maximum atomic E-state index is 12.0. The molecule has 108 valence electrons. The fraction of sp³-hybridized carbons (Fsp3) is 0.400. The second kappa shape index (κ2) is 6.11. The van der Waals surface area contributed by atoms with Gasteiger partial charge in [-0.1, -0.05) is 18.2 Å². The van der Waals surface area contributed by atoms with E-state index in [1.165, 1.54) is 0 Å². The Balaban J connectivity index is 1.91. The molecular weight excluding hydrogens is 265 g/mol. The maximum absolute atomic E-state index is 12.0. The smallest absolute Gasteiger partial charge is 0.370 e. The van der Waals surface area contributed by atoms with Gasteiger partial charge < -0.3 is 5.32 Å². The summed E-state index contributed by atoms with van der Waals surface area (Å²) in [5.74, 6) is 0.746. The van der Waals surface area contributed by atoms with Crippen LogP contribution in [-0.2, 0) is 0 Å².